The van der Waals surface area contributed by atoms with Crippen LogP contribution in [0.25, 0.3) is 4.96 Å². The van der Waals surface area contributed by atoms with Gasteiger partial charge in [-0.25, -0.2) is 4.98 Å². The van der Waals surface area contributed by atoms with Crippen LogP contribution >= 0.6 is 23.7 Å². The van der Waals surface area contributed by atoms with Crippen molar-refractivity contribution in [1.29, 1.82) is 0 Å². The number of thiazole rings is 1. The molecule has 0 N–H and O–H groups in total. The van der Waals surface area contributed by atoms with Gasteiger partial charge in [0.1, 0.15) is 6.61 Å². The Kier molecular flexibility index (Phi) is 3.71. The molecule has 0 amide bonds. The van der Waals surface area contributed by atoms with Gasteiger partial charge in [-0.15, -0.1) is 23.7 Å². The van der Waals surface area contributed by atoms with Crippen molar-refractivity contribution in [2.45, 2.75) is 20.5 Å². The molecule has 0 fully saturated rings. The van der Waals surface area contributed by atoms with Crippen molar-refractivity contribution in [1.82, 2.24) is 9.38 Å². The summed E-state index contributed by atoms with van der Waals surface area (Å²) >= 11 is 1.57. The predicted molar refractivity (Wildman–Crippen MR) is 60.5 cm³/mol. The number of carbonyl (C=O) groups excluding carboxylic acids is 1. The van der Waals surface area contributed by atoms with E-state index in [4.69, 9.17) is 4.74 Å². The van der Waals surface area contributed by atoms with Crippen molar-refractivity contribution in [3.63, 3.8) is 0 Å². The molecule has 0 bridgehead atoms. The molecule has 0 unspecified atom stereocenters. The number of aromatic nitrogens is 2. The number of imidazole rings is 1. The van der Waals surface area contributed by atoms with Gasteiger partial charge in [-0.2, -0.15) is 0 Å². The number of ether oxygens (including phenoxy) is 1. The molecule has 15 heavy (non-hydrogen) atoms. The Morgan fingerprint density at radius 2 is 2.40 bits per heavy atom. The molecule has 0 aliphatic rings. The van der Waals surface area contributed by atoms with Crippen LogP contribution in [0.15, 0.2) is 11.6 Å². The van der Waals surface area contributed by atoms with Crippen LogP contribution in [0.3, 0.4) is 0 Å². The van der Waals surface area contributed by atoms with Gasteiger partial charge in [0.25, 0.3) is 0 Å². The van der Waals surface area contributed by atoms with E-state index < -0.39 is 0 Å². The number of aryl methyl sites for hydroxylation is 1. The molecule has 0 aliphatic heterocycles. The first-order valence-corrected chi connectivity index (χ1v) is 5.11. The summed E-state index contributed by atoms with van der Waals surface area (Å²) in [7, 11) is 0. The second-order valence-electron chi connectivity index (χ2n) is 2.98. The highest BCUT2D eigenvalue weighted by atomic mass is 35.5. The van der Waals surface area contributed by atoms with Crippen molar-refractivity contribution < 1.29 is 9.53 Å². The fraction of sp³-hybridized carbons (Fsp3) is 0.333. The summed E-state index contributed by atoms with van der Waals surface area (Å²) in [5.41, 5.74) is 1.86. The molecule has 0 saturated carbocycles. The Bertz CT molecular complexity index is 477. The molecule has 0 atom stereocenters. The molecule has 0 aromatic carbocycles. The molecule has 2 rings (SSSR count). The minimum Gasteiger partial charge on any atom is -0.459 e. The molecule has 2 aromatic heterocycles. The van der Waals surface area contributed by atoms with Crippen LogP contribution in [0.4, 0.5) is 0 Å². The lowest BCUT2D eigenvalue weighted by Crippen LogP contribution is -2.02. The van der Waals surface area contributed by atoms with Crippen LogP contribution in [-0.4, -0.2) is 15.4 Å². The number of carbonyl (C=O) groups is 1. The minimum atomic E-state index is -0.269. The van der Waals surface area contributed by atoms with E-state index in [2.05, 4.69) is 4.98 Å². The predicted octanol–water partition coefficient (Wildman–Crippen LogP) is 2.19. The summed E-state index contributed by atoms with van der Waals surface area (Å²) in [5.74, 6) is -0.269. The third kappa shape index (κ3) is 2.30. The van der Waals surface area contributed by atoms with Crippen LogP contribution in [0.2, 0.25) is 0 Å². The summed E-state index contributed by atoms with van der Waals surface area (Å²) in [4.78, 5) is 16.0. The van der Waals surface area contributed by atoms with Gasteiger partial charge in [0.2, 0.25) is 0 Å². The zero-order valence-electron chi connectivity index (χ0n) is 8.39. The van der Waals surface area contributed by atoms with Crippen molar-refractivity contribution in [2.24, 2.45) is 0 Å². The number of esters is 1. The molecule has 6 heteroatoms. The lowest BCUT2D eigenvalue weighted by atomic mass is 10.3. The molecule has 82 valence electrons. The number of halogens is 1. The van der Waals surface area contributed by atoms with E-state index in [0.29, 0.717) is 6.61 Å². The second-order valence-corrected chi connectivity index (χ2v) is 3.85. The first-order valence-electron chi connectivity index (χ1n) is 4.23. The molecule has 0 radical (unpaired) electrons. The third-order valence-electron chi connectivity index (χ3n) is 1.97. The van der Waals surface area contributed by atoms with E-state index in [9.17, 15) is 4.79 Å². The Hall–Kier alpha value is -1.07. The molecular formula is C9H11ClN2O2S. The average Bonchev–Trinajstić information content (AvgIpc) is 2.61. The quantitative estimate of drug-likeness (QED) is 0.763. The van der Waals surface area contributed by atoms with E-state index in [1.54, 1.807) is 11.3 Å². The van der Waals surface area contributed by atoms with Gasteiger partial charge < -0.3 is 4.74 Å². The maximum Gasteiger partial charge on any atom is 0.303 e. The maximum atomic E-state index is 10.7. The number of hydrogen-bond acceptors (Lipinski definition) is 4. The van der Waals surface area contributed by atoms with E-state index in [1.165, 1.54) is 6.92 Å². The SMILES string of the molecule is CC(=O)OCc1c(C)nc2sccn12.Cl. The molecule has 0 aliphatic carbocycles. The summed E-state index contributed by atoms with van der Waals surface area (Å²) in [6, 6.07) is 0. The normalized spacial score (nSPS) is 10.0. The van der Waals surface area contributed by atoms with Gasteiger partial charge in [0.05, 0.1) is 11.4 Å². The number of rotatable bonds is 2. The van der Waals surface area contributed by atoms with Crippen molar-refractivity contribution in [3.05, 3.63) is 23.0 Å². The summed E-state index contributed by atoms with van der Waals surface area (Å²) in [5, 5.41) is 1.96. The molecule has 4 nitrogen and oxygen atoms in total. The monoisotopic (exact) mass is 246 g/mol. The minimum absolute atomic E-state index is 0. The zero-order chi connectivity index (χ0) is 10.1. The van der Waals surface area contributed by atoms with E-state index in [-0.39, 0.29) is 18.4 Å². The van der Waals surface area contributed by atoms with Gasteiger partial charge in [0.15, 0.2) is 4.96 Å². The van der Waals surface area contributed by atoms with Crippen molar-refractivity contribution in [2.75, 3.05) is 0 Å². The lowest BCUT2D eigenvalue weighted by molar-refractivity contribution is -0.142. The topological polar surface area (TPSA) is 43.6 Å². The Labute approximate surface area is 97.3 Å². The first kappa shape index (κ1) is 12.0. The average molecular weight is 247 g/mol. The summed E-state index contributed by atoms with van der Waals surface area (Å²) < 4.78 is 6.90. The number of nitrogens with zero attached hydrogens (tertiary/aromatic N) is 2. The fourth-order valence-corrected chi connectivity index (χ4v) is 2.06. The van der Waals surface area contributed by atoms with Crippen molar-refractivity contribution in [3.8, 4) is 0 Å². The second kappa shape index (κ2) is 4.63. The molecular weight excluding hydrogens is 236 g/mol. The van der Waals surface area contributed by atoms with Crippen LogP contribution in [0.5, 0.6) is 0 Å². The molecule has 2 heterocycles. The Balaban J connectivity index is 0.00000112. The third-order valence-corrected chi connectivity index (χ3v) is 2.73. The highest BCUT2D eigenvalue weighted by Gasteiger charge is 2.10. The Morgan fingerprint density at radius 1 is 1.67 bits per heavy atom. The molecule has 0 spiro atoms. The first-order chi connectivity index (χ1) is 6.68. The van der Waals surface area contributed by atoms with E-state index in [1.807, 2.05) is 22.9 Å². The summed E-state index contributed by atoms with van der Waals surface area (Å²) in [6.07, 6.45) is 1.93. The van der Waals surface area contributed by atoms with E-state index in [0.717, 1.165) is 16.3 Å². The molecule has 0 saturated heterocycles. The van der Waals surface area contributed by atoms with Gasteiger partial charge in [0, 0.05) is 18.5 Å². The highest BCUT2D eigenvalue weighted by Crippen LogP contribution is 2.17. The van der Waals surface area contributed by atoms with Crippen LogP contribution in [0, 0.1) is 6.92 Å². The largest absolute Gasteiger partial charge is 0.459 e. The number of hydrogen-bond donors (Lipinski definition) is 0. The van der Waals surface area contributed by atoms with Gasteiger partial charge >= 0.3 is 5.97 Å². The zero-order valence-corrected chi connectivity index (χ0v) is 10.0. The van der Waals surface area contributed by atoms with Crippen molar-refractivity contribution >= 4 is 34.7 Å². The fourth-order valence-electron chi connectivity index (χ4n) is 1.28. The van der Waals surface area contributed by atoms with Gasteiger partial charge in [-0.1, -0.05) is 0 Å². The smallest absolute Gasteiger partial charge is 0.303 e. The number of fused-ring (bicyclic) bond motifs is 1. The van der Waals surface area contributed by atoms with Gasteiger partial charge in [-0.05, 0) is 6.92 Å². The summed E-state index contributed by atoms with van der Waals surface area (Å²) in [6.45, 7) is 3.61. The van der Waals surface area contributed by atoms with Crippen LogP contribution in [0.1, 0.15) is 18.3 Å². The Morgan fingerprint density at radius 3 is 3.07 bits per heavy atom. The molecule has 2 aromatic rings. The van der Waals surface area contributed by atoms with Crippen LogP contribution in [-0.2, 0) is 16.1 Å². The van der Waals surface area contributed by atoms with E-state index >= 15 is 0 Å². The standard InChI is InChI=1S/C9H10N2O2S.ClH/c1-6-8(5-13-7(2)12)11-3-4-14-9(11)10-6;/h3-4H,5H2,1-2H3;1H. The van der Waals surface area contributed by atoms with Gasteiger partial charge in [-0.3, -0.25) is 9.20 Å². The maximum absolute atomic E-state index is 10.7. The lowest BCUT2D eigenvalue weighted by Gasteiger charge is -2.01. The van der Waals surface area contributed by atoms with Crippen LogP contribution < -0.4 is 0 Å². The highest BCUT2D eigenvalue weighted by molar-refractivity contribution is 7.15.